The van der Waals surface area contributed by atoms with Gasteiger partial charge in [0, 0.05) is 5.56 Å². The van der Waals surface area contributed by atoms with Gasteiger partial charge in [-0.15, -0.1) is 0 Å². The number of ether oxygens (including phenoxy) is 3. The SMILES string of the molecule is COC(=O)c1ccc(CN2C(=O)S/C(=C/c3cc(Br)c(OCc4ccccc4C#N)c(OC)c3)C2=O)o1. The molecule has 0 spiro atoms. The first kappa shape index (κ1) is 26.1. The summed E-state index contributed by atoms with van der Waals surface area (Å²) in [5, 5.41) is 8.83. The molecule has 3 aromatic rings. The molecular weight excluding hydrogens is 564 g/mol. The van der Waals surface area contributed by atoms with Crippen LogP contribution < -0.4 is 9.47 Å². The molecule has 1 fully saturated rings. The van der Waals surface area contributed by atoms with Crippen LogP contribution in [0.4, 0.5) is 4.79 Å². The number of nitriles is 1. The Balaban J connectivity index is 1.52. The summed E-state index contributed by atoms with van der Waals surface area (Å²) in [6.07, 6.45) is 1.58. The Morgan fingerprint density at radius 1 is 1.19 bits per heavy atom. The fourth-order valence-electron chi connectivity index (χ4n) is 3.49. The number of thioether (sulfide) groups is 1. The molecule has 2 amide bonds. The van der Waals surface area contributed by atoms with Crippen molar-refractivity contribution in [2.75, 3.05) is 14.2 Å². The van der Waals surface area contributed by atoms with Crippen LogP contribution in [0.3, 0.4) is 0 Å². The smallest absolute Gasteiger partial charge is 0.373 e. The quantitative estimate of drug-likeness (QED) is 0.249. The van der Waals surface area contributed by atoms with Crippen LogP contribution in [0.15, 0.2) is 62.3 Å². The number of nitrogens with zero attached hydrogens (tertiary/aromatic N) is 2. The molecule has 37 heavy (non-hydrogen) atoms. The zero-order valence-corrected chi connectivity index (χ0v) is 22.1. The third kappa shape index (κ3) is 5.71. The monoisotopic (exact) mass is 582 g/mol. The first-order valence-electron chi connectivity index (χ1n) is 10.7. The molecule has 0 aliphatic carbocycles. The zero-order valence-electron chi connectivity index (χ0n) is 19.6. The van der Waals surface area contributed by atoms with E-state index in [1.54, 1.807) is 30.3 Å². The summed E-state index contributed by atoms with van der Waals surface area (Å²) in [5.74, 6) is -0.0563. The van der Waals surface area contributed by atoms with Gasteiger partial charge < -0.3 is 18.6 Å². The van der Waals surface area contributed by atoms with Crippen LogP contribution in [0.1, 0.15) is 33.0 Å². The van der Waals surface area contributed by atoms with E-state index in [-0.39, 0.29) is 29.6 Å². The summed E-state index contributed by atoms with van der Waals surface area (Å²) in [6, 6.07) is 15.6. The highest BCUT2D eigenvalue weighted by atomic mass is 79.9. The van der Waals surface area contributed by atoms with Gasteiger partial charge in [0.25, 0.3) is 11.1 Å². The summed E-state index contributed by atoms with van der Waals surface area (Å²) >= 11 is 4.28. The molecule has 1 aromatic heterocycles. The van der Waals surface area contributed by atoms with Crippen molar-refractivity contribution in [1.82, 2.24) is 4.90 Å². The number of furan rings is 1. The summed E-state index contributed by atoms with van der Waals surface area (Å²) in [7, 11) is 2.72. The van der Waals surface area contributed by atoms with E-state index in [0.29, 0.717) is 27.1 Å². The van der Waals surface area contributed by atoms with Gasteiger partial charge in [-0.1, -0.05) is 18.2 Å². The predicted molar refractivity (Wildman–Crippen MR) is 138 cm³/mol. The minimum Gasteiger partial charge on any atom is -0.493 e. The van der Waals surface area contributed by atoms with Gasteiger partial charge in [0.2, 0.25) is 5.76 Å². The summed E-state index contributed by atoms with van der Waals surface area (Å²) in [6.45, 7) is 0.0321. The maximum absolute atomic E-state index is 12.9. The Morgan fingerprint density at radius 2 is 1.97 bits per heavy atom. The minimum absolute atomic E-state index is 0.0182. The fourth-order valence-corrected chi connectivity index (χ4v) is 4.90. The Morgan fingerprint density at radius 3 is 2.70 bits per heavy atom. The van der Waals surface area contributed by atoms with Gasteiger partial charge in [-0.25, -0.2) is 4.79 Å². The molecule has 2 aromatic carbocycles. The Labute approximate surface area is 224 Å². The van der Waals surface area contributed by atoms with E-state index in [1.807, 2.05) is 12.1 Å². The molecule has 11 heteroatoms. The standard InChI is InChI=1S/C26H19BrN2O7S/c1-33-21-10-15(9-19(27)23(21)35-14-17-6-4-3-5-16(17)12-28)11-22-24(30)29(26(32)37-22)13-18-7-8-20(36-18)25(31)34-2/h3-11H,13-14H2,1-2H3/b22-11+. The maximum Gasteiger partial charge on any atom is 0.373 e. The first-order valence-corrected chi connectivity index (χ1v) is 12.4. The Kier molecular flexibility index (Phi) is 8.01. The van der Waals surface area contributed by atoms with Crippen LogP contribution in [0.25, 0.3) is 6.08 Å². The van der Waals surface area contributed by atoms with Crippen molar-refractivity contribution in [3.05, 3.63) is 86.1 Å². The van der Waals surface area contributed by atoms with Crippen LogP contribution in [-0.2, 0) is 22.7 Å². The zero-order chi connectivity index (χ0) is 26.5. The molecule has 4 rings (SSSR count). The number of methoxy groups -OCH3 is 2. The van der Waals surface area contributed by atoms with Crippen LogP contribution in [-0.4, -0.2) is 36.2 Å². The van der Waals surface area contributed by atoms with E-state index < -0.39 is 17.1 Å². The lowest BCUT2D eigenvalue weighted by atomic mass is 10.1. The van der Waals surface area contributed by atoms with Gasteiger partial charge in [-0.3, -0.25) is 14.5 Å². The number of amides is 2. The van der Waals surface area contributed by atoms with E-state index in [1.165, 1.54) is 26.4 Å². The first-order chi connectivity index (χ1) is 17.8. The summed E-state index contributed by atoms with van der Waals surface area (Å²) < 4.78 is 22.0. The molecular formula is C26H19BrN2O7S. The molecule has 0 N–H and O–H groups in total. The minimum atomic E-state index is -0.651. The van der Waals surface area contributed by atoms with Crippen LogP contribution >= 0.6 is 27.7 Å². The lowest BCUT2D eigenvalue weighted by Crippen LogP contribution is -2.27. The lowest BCUT2D eigenvalue weighted by Gasteiger charge is -2.14. The highest BCUT2D eigenvalue weighted by Gasteiger charge is 2.36. The van der Waals surface area contributed by atoms with Crippen LogP contribution in [0, 0.1) is 11.3 Å². The third-order valence-corrected chi connectivity index (χ3v) is 6.79. The molecule has 1 aliphatic heterocycles. The van der Waals surface area contributed by atoms with Gasteiger partial charge >= 0.3 is 5.97 Å². The molecule has 188 valence electrons. The van der Waals surface area contributed by atoms with Gasteiger partial charge in [0.15, 0.2) is 11.5 Å². The van der Waals surface area contributed by atoms with Crippen LogP contribution in [0.2, 0.25) is 0 Å². The average molecular weight is 583 g/mol. The number of imide groups is 1. The van der Waals surface area contributed by atoms with Crippen molar-refractivity contribution in [1.29, 1.82) is 5.26 Å². The molecule has 1 saturated heterocycles. The Hall–Kier alpha value is -4.01. The number of rotatable bonds is 8. The number of hydrogen-bond acceptors (Lipinski definition) is 9. The predicted octanol–water partition coefficient (Wildman–Crippen LogP) is 5.52. The van der Waals surface area contributed by atoms with E-state index in [9.17, 15) is 19.6 Å². The highest BCUT2D eigenvalue weighted by molar-refractivity contribution is 9.10. The second-order valence-corrected chi connectivity index (χ2v) is 9.46. The number of hydrogen-bond donors (Lipinski definition) is 0. The third-order valence-electron chi connectivity index (χ3n) is 5.30. The molecule has 2 heterocycles. The van der Waals surface area contributed by atoms with E-state index in [2.05, 4.69) is 26.7 Å². The molecule has 9 nitrogen and oxygen atoms in total. The van der Waals surface area contributed by atoms with Crippen molar-refractivity contribution < 1.29 is 33.0 Å². The van der Waals surface area contributed by atoms with Gasteiger partial charge in [0.05, 0.1) is 41.8 Å². The largest absolute Gasteiger partial charge is 0.493 e. The van der Waals surface area contributed by atoms with Crippen molar-refractivity contribution in [3.8, 4) is 17.6 Å². The number of carbonyl (C=O) groups is 3. The molecule has 0 unspecified atom stereocenters. The van der Waals surface area contributed by atoms with Crippen molar-refractivity contribution >= 4 is 50.9 Å². The topological polar surface area (TPSA) is 119 Å². The average Bonchev–Trinajstić information content (AvgIpc) is 3.47. The summed E-state index contributed by atoms with van der Waals surface area (Å²) in [5.41, 5.74) is 1.85. The number of halogens is 1. The molecule has 0 atom stereocenters. The molecule has 0 bridgehead atoms. The van der Waals surface area contributed by atoms with Gasteiger partial charge in [-0.05, 0) is 69.7 Å². The van der Waals surface area contributed by atoms with Crippen molar-refractivity contribution in [3.63, 3.8) is 0 Å². The number of carbonyl (C=O) groups excluding carboxylic acids is 3. The second kappa shape index (κ2) is 11.4. The van der Waals surface area contributed by atoms with E-state index >= 15 is 0 Å². The van der Waals surface area contributed by atoms with Gasteiger partial charge in [-0.2, -0.15) is 5.26 Å². The second-order valence-electron chi connectivity index (χ2n) is 7.62. The highest BCUT2D eigenvalue weighted by Crippen LogP contribution is 2.40. The normalized spacial score (nSPS) is 14.1. The fraction of sp³-hybridized carbons (Fsp3) is 0.154. The molecule has 0 saturated carbocycles. The van der Waals surface area contributed by atoms with Crippen LogP contribution in [0.5, 0.6) is 11.5 Å². The van der Waals surface area contributed by atoms with Crippen molar-refractivity contribution in [2.24, 2.45) is 0 Å². The maximum atomic E-state index is 12.9. The Bertz CT molecular complexity index is 1460. The lowest BCUT2D eigenvalue weighted by molar-refractivity contribution is -0.123. The van der Waals surface area contributed by atoms with Crippen molar-refractivity contribution in [2.45, 2.75) is 13.2 Å². The number of benzene rings is 2. The molecule has 0 radical (unpaired) electrons. The van der Waals surface area contributed by atoms with Gasteiger partial charge in [0.1, 0.15) is 12.4 Å². The molecule has 1 aliphatic rings. The number of esters is 1. The van der Waals surface area contributed by atoms with E-state index in [0.717, 1.165) is 22.2 Å². The summed E-state index contributed by atoms with van der Waals surface area (Å²) in [4.78, 5) is 38.3. The van der Waals surface area contributed by atoms with E-state index in [4.69, 9.17) is 13.9 Å².